The van der Waals surface area contributed by atoms with Crippen molar-refractivity contribution < 1.29 is 14.3 Å². The van der Waals surface area contributed by atoms with Crippen molar-refractivity contribution in [2.45, 2.75) is 45.0 Å². The van der Waals surface area contributed by atoms with Crippen LogP contribution in [0.25, 0.3) is 0 Å². The maximum atomic E-state index is 13.1. The molecule has 2 amide bonds. The van der Waals surface area contributed by atoms with Crippen LogP contribution in [-0.4, -0.2) is 42.2 Å². The minimum Gasteiger partial charge on any atom is -0.497 e. The molecule has 5 nitrogen and oxygen atoms in total. The van der Waals surface area contributed by atoms with E-state index >= 15 is 0 Å². The molecule has 1 N–H and O–H groups in total. The van der Waals surface area contributed by atoms with Gasteiger partial charge in [0.2, 0.25) is 11.8 Å². The number of rotatable bonds is 12. The van der Waals surface area contributed by atoms with E-state index in [4.69, 9.17) is 27.9 Å². The Kier molecular flexibility index (Phi) is 11.2. The molecule has 1 atom stereocenters. The molecule has 0 aliphatic heterocycles. The third kappa shape index (κ3) is 7.91. The van der Waals surface area contributed by atoms with Crippen molar-refractivity contribution in [1.82, 2.24) is 10.2 Å². The number of carbonyl (C=O) groups excluding carboxylic acids is 2. The van der Waals surface area contributed by atoms with E-state index in [1.54, 1.807) is 37.1 Å². The van der Waals surface area contributed by atoms with Crippen LogP contribution in [0.5, 0.6) is 5.75 Å². The first kappa shape index (κ1) is 26.4. The van der Waals surface area contributed by atoms with E-state index in [1.165, 1.54) is 11.8 Å². The lowest BCUT2D eigenvalue weighted by Gasteiger charge is -2.29. The summed E-state index contributed by atoms with van der Waals surface area (Å²) in [4.78, 5) is 27.4. The highest BCUT2D eigenvalue weighted by atomic mass is 35.5. The van der Waals surface area contributed by atoms with Crippen LogP contribution in [0.1, 0.15) is 37.8 Å². The Morgan fingerprint density at radius 2 is 1.78 bits per heavy atom. The number of halogens is 2. The van der Waals surface area contributed by atoms with Gasteiger partial charge in [0, 0.05) is 28.9 Å². The molecule has 2 aromatic rings. The fourth-order valence-corrected chi connectivity index (χ4v) is 4.69. The molecule has 2 rings (SSSR count). The summed E-state index contributed by atoms with van der Waals surface area (Å²) in [5, 5.41) is 4.08. The normalized spacial score (nSPS) is 11.7. The van der Waals surface area contributed by atoms with Gasteiger partial charge < -0.3 is 15.0 Å². The minimum absolute atomic E-state index is 0.118. The summed E-state index contributed by atoms with van der Waals surface area (Å²) in [6, 6.07) is 12.3. The molecular formula is C24H30Cl2N2O3S. The monoisotopic (exact) mass is 496 g/mol. The maximum Gasteiger partial charge on any atom is 0.242 e. The fourth-order valence-electron chi connectivity index (χ4n) is 3.04. The molecule has 0 aromatic heterocycles. The third-order valence-corrected chi connectivity index (χ3v) is 6.69. The molecule has 0 fully saturated rings. The van der Waals surface area contributed by atoms with Gasteiger partial charge in [0.15, 0.2) is 0 Å². The predicted molar refractivity (Wildman–Crippen MR) is 134 cm³/mol. The number of amides is 2. The van der Waals surface area contributed by atoms with Gasteiger partial charge in [-0.3, -0.25) is 9.59 Å². The van der Waals surface area contributed by atoms with E-state index in [9.17, 15) is 9.59 Å². The average molecular weight is 497 g/mol. The van der Waals surface area contributed by atoms with E-state index in [0.717, 1.165) is 29.7 Å². The van der Waals surface area contributed by atoms with Crippen LogP contribution >= 0.6 is 35.0 Å². The van der Waals surface area contributed by atoms with E-state index < -0.39 is 6.04 Å². The van der Waals surface area contributed by atoms with E-state index in [1.807, 2.05) is 24.3 Å². The standard InChI is InChI=1S/C24H30Cl2N2O3S/c1-4-5-13-27-24(30)17(2)28(14-18-9-11-19(31-3)12-10-18)23(29)16-32-15-20-21(25)7-6-8-22(20)26/h6-12,17H,4-5,13-16H2,1-3H3,(H,27,30)/t17-/m1/s1. The van der Waals surface area contributed by atoms with Crippen LogP contribution in [0.4, 0.5) is 0 Å². The quantitative estimate of drug-likeness (QED) is 0.390. The van der Waals surface area contributed by atoms with Gasteiger partial charge in [-0.2, -0.15) is 0 Å². The Hall–Kier alpha value is -1.89. The molecule has 0 heterocycles. The number of unbranched alkanes of at least 4 members (excludes halogenated alkanes) is 1. The Balaban J connectivity index is 2.08. The predicted octanol–water partition coefficient (Wildman–Crippen LogP) is 5.57. The zero-order chi connectivity index (χ0) is 23.5. The molecule has 0 aliphatic rings. The molecule has 0 radical (unpaired) electrons. The number of nitrogens with zero attached hydrogens (tertiary/aromatic N) is 1. The summed E-state index contributed by atoms with van der Waals surface area (Å²) < 4.78 is 5.21. The number of nitrogens with one attached hydrogen (secondary N) is 1. The smallest absolute Gasteiger partial charge is 0.242 e. The van der Waals surface area contributed by atoms with E-state index in [0.29, 0.717) is 28.9 Å². The molecule has 0 spiro atoms. The Morgan fingerprint density at radius 3 is 2.38 bits per heavy atom. The maximum absolute atomic E-state index is 13.1. The van der Waals surface area contributed by atoms with Crippen LogP contribution in [0.3, 0.4) is 0 Å². The van der Waals surface area contributed by atoms with Crippen LogP contribution in [0.2, 0.25) is 10.0 Å². The Morgan fingerprint density at radius 1 is 1.12 bits per heavy atom. The fraction of sp³-hybridized carbons (Fsp3) is 0.417. The Bertz CT molecular complexity index is 873. The molecule has 174 valence electrons. The first-order valence-electron chi connectivity index (χ1n) is 10.6. The van der Waals surface area contributed by atoms with E-state index in [-0.39, 0.29) is 17.6 Å². The number of ether oxygens (including phenoxy) is 1. The second kappa shape index (κ2) is 13.6. The second-order valence-electron chi connectivity index (χ2n) is 7.38. The lowest BCUT2D eigenvalue weighted by atomic mass is 10.1. The van der Waals surface area contributed by atoms with Gasteiger partial charge in [-0.15, -0.1) is 11.8 Å². The number of hydrogen-bond donors (Lipinski definition) is 1. The molecule has 0 saturated heterocycles. The number of carbonyl (C=O) groups is 2. The number of thioether (sulfide) groups is 1. The van der Waals surface area contributed by atoms with Gasteiger partial charge in [-0.1, -0.05) is 54.7 Å². The van der Waals surface area contributed by atoms with Crippen molar-refractivity contribution in [3.05, 3.63) is 63.6 Å². The highest BCUT2D eigenvalue weighted by molar-refractivity contribution is 7.99. The van der Waals surface area contributed by atoms with Gasteiger partial charge in [0.1, 0.15) is 11.8 Å². The minimum atomic E-state index is -0.592. The summed E-state index contributed by atoms with van der Waals surface area (Å²) in [7, 11) is 1.61. The molecule has 32 heavy (non-hydrogen) atoms. The molecule has 0 bridgehead atoms. The van der Waals surface area contributed by atoms with Crippen LogP contribution < -0.4 is 10.1 Å². The molecule has 2 aromatic carbocycles. The highest BCUT2D eigenvalue weighted by Gasteiger charge is 2.26. The van der Waals surface area contributed by atoms with Gasteiger partial charge >= 0.3 is 0 Å². The van der Waals surface area contributed by atoms with Crippen molar-refractivity contribution in [2.24, 2.45) is 0 Å². The van der Waals surface area contributed by atoms with Crippen LogP contribution in [0, 0.1) is 0 Å². The lowest BCUT2D eigenvalue weighted by Crippen LogP contribution is -2.48. The highest BCUT2D eigenvalue weighted by Crippen LogP contribution is 2.28. The van der Waals surface area contributed by atoms with Crippen molar-refractivity contribution in [2.75, 3.05) is 19.4 Å². The van der Waals surface area contributed by atoms with Gasteiger partial charge in [0.05, 0.1) is 12.9 Å². The summed E-state index contributed by atoms with van der Waals surface area (Å²) in [5.74, 6) is 1.19. The molecular weight excluding hydrogens is 467 g/mol. The second-order valence-corrected chi connectivity index (χ2v) is 9.18. The van der Waals surface area contributed by atoms with Crippen molar-refractivity contribution in [1.29, 1.82) is 0 Å². The van der Waals surface area contributed by atoms with E-state index in [2.05, 4.69) is 12.2 Å². The zero-order valence-electron chi connectivity index (χ0n) is 18.7. The molecule has 0 unspecified atom stereocenters. The van der Waals surface area contributed by atoms with Crippen LogP contribution in [-0.2, 0) is 21.9 Å². The van der Waals surface area contributed by atoms with Crippen molar-refractivity contribution in [3.8, 4) is 5.75 Å². The van der Waals surface area contributed by atoms with Gasteiger partial charge in [0.25, 0.3) is 0 Å². The summed E-state index contributed by atoms with van der Waals surface area (Å²) >= 11 is 13.9. The van der Waals surface area contributed by atoms with Crippen molar-refractivity contribution >= 4 is 46.8 Å². The number of hydrogen-bond acceptors (Lipinski definition) is 4. The first-order chi connectivity index (χ1) is 15.4. The van der Waals surface area contributed by atoms with Gasteiger partial charge in [-0.25, -0.2) is 0 Å². The van der Waals surface area contributed by atoms with Gasteiger partial charge in [-0.05, 0) is 48.7 Å². The topological polar surface area (TPSA) is 58.6 Å². The molecule has 0 aliphatic carbocycles. The Labute approximate surface area is 204 Å². The zero-order valence-corrected chi connectivity index (χ0v) is 21.0. The average Bonchev–Trinajstić information content (AvgIpc) is 2.79. The number of methoxy groups -OCH3 is 1. The third-order valence-electron chi connectivity index (χ3n) is 5.04. The van der Waals surface area contributed by atoms with Crippen molar-refractivity contribution in [3.63, 3.8) is 0 Å². The molecule has 8 heteroatoms. The summed E-state index contributed by atoms with van der Waals surface area (Å²) in [5.41, 5.74) is 1.73. The lowest BCUT2D eigenvalue weighted by molar-refractivity contribution is -0.138. The largest absolute Gasteiger partial charge is 0.497 e. The SMILES string of the molecule is CCCCNC(=O)[C@@H](C)N(Cc1ccc(OC)cc1)C(=O)CSCc1c(Cl)cccc1Cl. The molecule has 0 saturated carbocycles. The summed E-state index contributed by atoms with van der Waals surface area (Å²) in [6.07, 6.45) is 1.89. The first-order valence-corrected chi connectivity index (χ1v) is 12.5. The number of benzene rings is 2. The van der Waals surface area contributed by atoms with Crippen LogP contribution in [0.15, 0.2) is 42.5 Å². The summed E-state index contributed by atoms with van der Waals surface area (Å²) in [6.45, 7) is 4.76.